The average molecular weight is 508 g/mol. The lowest BCUT2D eigenvalue weighted by atomic mass is 9.66. The number of allylic oxidation sites excluding steroid dienone is 1. The molecule has 0 amide bonds. The van der Waals surface area contributed by atoms with Gasteiger partial charge in [0, 0.05) is 23.7 Å². The lowest BCUT2D eigenvalue weighted by Crippen LogP contribution is -2.41. The molecule has 0 aromatic heterocycles. The van der Waals surface area contributed by atoms with Gasteiger partial charge in [0.25, 0.3) is 0 Å². The summed E-state index contributed by atoms with van der Waals surface area (Å²) >= 11 is 0. The molecule has 0 spiro atoms. The van der Waals surface area contributed by atoms with E-state index in [1.54, 1.807) is 0 Å². The normalized spacial score (nSPS) is 20.9. The van der Waals surface area contributed by atoms with E-state index in [4.69, 9.17) is 14.5 Å². The molecule has 3 atom stereocenters. The van der Waals surface area contributed by atoms with Gasteiger partial charge in [-0.25, -0.2) is 4.79 Å². The van der Waals surface area contributed by atoms with Gasteiger partial charge in [0.05, 0.1) is 11.5 Å². The standard InChI is InChI=1S/C33H33NO4/c1-3-23-14-16-25(17-15-23)31-30(33(36)38-19-18-37-27-12-8-5-9-13-27)22(2)34-28-20-26(21-29(35)32(28)31)24-10-6-4-7-11-24/h4-17,26,31-32H,3,18-21H2,1-2H3/t26-,31+,32?/m0/s1. The Morgan fingerprint density at radius 3 is 2.21 bits per heavy atom. The summed E-state index contributed by atoms with van der Waals surface area (Å²) in [6.07, 6.45) is 2.06. The highest BCUT2D eigenvalue weighted by atomic mass is 16.6. The zero-order chi connectivity index (χ0) is 26.5. The van der Waals surface area contributed by atoms with Crippen LogP contribution in [0.2, 0.25) is 0 Å². The summed E-state index contributed by atoms with van der Waals surface area (Å²) in [6, 6.07) is 27.8. The SMILES string of the molecule is CCc1ccc([C@@H]2C(C(=O)OCCOc3ccccc3)=C(C)N=C3C[C@H](c4ccccc4)CC(=O)C32)cc1. The van der Waals surface area contributed by atoms with Crippen molar-refractivity contribution in [1.29, 1.82) is 0 Å². The molecular weight excluding hydrogens is 474 g/mol. The summed E-state index contributed by atoms with van der Waals surface area (Å²) in [5, 5.41) is 0. The Balaban J connectivity index is 1.42. The molecule has 1 unspecified atom stereocenters. The first-order valence-corrected chi connectivity index (χ1v) is 13.3. The van der Waals surface area contributed by atoms with Crippen LogP contribution in [0.4, 0.5) is 0 Å². The molecule has 0 bridgehead atoms. The maximum absolute atomic E-state index is 13.7. The zero-order valence-electron chi connectivity index (χ0n) is 21.9. The van der Waals surface area contributed by atoms with Crippen LogP contribution in [0.1, 0.15) is 55.2 Å². The van der Waals surface area contributed by atoms with Gasteiger partial charge in [0.1, 0.15) is 24.7 Å². The number of nitrogens with zero attached hydrogens (tertiary/aromatic N) is 1. The molecule has 3 aromatic carbocycles. The summed E-state index contributed by atoms with van der Waals surface area (Å²) in [4.78, 5) is 32.1. The van der Waals surface area contributed by atoms with Crippen LogP contribution >= 0.6 is 0 Å². The van der Waals surface area contributed by atoms with E-state index in [0.717, 1.165) is 29.0 Å². The molecule has 38 heavy (non-hydrogen) atoms. The van der Waals surface area contributed by atoms with Crippen molar-refractivity contribution < 1.29 is 19.1 Å². The quantitative estimate of drug-likeness (QED) is 0.260. The Labute approximate surface area is 224 Å². The van der Waals surface area contributed by atoms with Crippen LogP contribution in [0, 0.1) is 5.92 Å². The van der Waals surface area contributed by atoms with Gasteiger partial charge in [-0.2, -0.15) is 0 Å². The minimum atomic E-state index is -0.464. The molecule has 1 fully saturated rings. The molecule has 0 radical (unpaired) electrons. The first-order chi connectivity index (χ1) is 18.5. The largest absolute Gasteiger partial charge is 0.490 e. The van der Waals surface area contributed by atoms with Crippen LogP contribution in [0.5, 0.6) is 5.75 Å². The van der Waals surface area contributed by atoms with E-state index in [-0.39, 0.29) is 24.9 Å². The first kappa shape index (κ1) is 25.7. The highest BCUT2D eigenvalue weighted by molar-refractivity contribution is 6.12. The number of ether oxygens (including phenoxy) is 2. The van der Waals surface area contributed by atoms with Gasteiger partial charge >= 0.3 is 5.97 Å². The Morgan fingerprint density at radius 2 is 1.53 bits per heavy atom. The number of benzene rings is 3. The highest BCUT2D eigenvalue weighted by Gasteiger charge is 2.46. The van der Waals surface area contributed by atoms with Crippen LogP contribution in [0.25, 0.3) is 0 Å². The van der Waals surface area contributed by atoms with E-state index in [2.05, 4.69) is 31.2 Å². The van der Waals surface area contributed by atoms with Gasteiger partial charge in [-0.1, -0.05) is 79.7 Å². The van der Waals surface area contributed by atoms with Gasteiger partial charge in [-0.3, -0.25) is 9.79 Å². The van der Waals surface area contributed by atoms with Gasteiger partial charge in [-0.15, -0.1) is 0 Å². The van der Waals surface area contributed by atoms with Crippen LogP contribution in [-0.2, 0) is 20.7 Å². The summed E-state index contributed by atoms with van der Waals surface area (Å²) in [5.74, 6) is -0.378. The number of aliphatic imine (C=N–C) groups is 1. The van der Waals surface area contributed by atoms with E-state index < -0.39 is 17.8 Å². The van der Waals surface area contributed by atoms with Crippen LogP contribution in [-0.4, -0.2) is 30.7 Å². The lowest BCUT2D eigenvalue weighted by Gasteiger charge is -2.38. The van der Waals surface area contributed by atoms with Crippen LogP contribution in [0.15, 0.2) is 101 Å². The summed E-state index contributed by atoms with van der Waals surface area (Å²) in [6.45, 7) is 4.31. The number of rotatable bonds is 8. The van der Waals surface area contributed by atoms with Crippen LogP contribution < -0.4 is 4.74 Å². The van der Waals surface area contributed by atoms with Crippen molar-refractivity contribution in [3.8, 4) is 5.75 Å². The second-order valence-electron chi connectivity index (χ2n) is 9.93. The van der Waals surface area contributed by atoms with Crippen LogP contribution in [0.3, 0.4) is 0 Å². The van der Waals surface area contributed by atoms with Gasteiger partial charge in [0.15, 0.2) is 0 Å². The predicted octanol–water partition coefficient (Wildman–Crippen LogP) is 6.45. The number of Topliss-reactive ketones (excluding diaryl/α,β-unsaturated/α-hetero) is 1. The summed E-state index contributed by atoms with van der Waals surface area (Å²) in [7, 11) is 0. The third kappa shape index (κ3) is 5.47. The fourth-order valence-electron chi connectivity index (χ4n) is 5.61. The van der Waals surface area contributed by atoms with Crippen molar-refractivity contribution in [3.05, 3.63) is 113 Å². The fraction of sp³-hybridized carbons (Fsp3) is 0.303. The monoisotopic (exact) mass is 507 g/mol. The van der Waals surface area contributed by atoms with Crippen molar-refractivity contribution >= 4 is 17.5 Å². The molecule has 1 aliphatic heterocycles. The van der Waals surface area contributed by atoms with Gasteiger partial charge < -0.3 is 9.47 Å². The number of fused-ring (bicyclic) bond motifs is 1. The van der Waals surface area contributed by atoms with Crippen molar-refractivity contribution in [2.24, 2.45) is 10.9 Å². The number of esters is 1. The second-order valence-corrected chi connectivity index (χ2v) is 9.93. The average Bonchev–Trinajstić information content (AvgIpc) is 2.95. The van der Waals surface area contributed by atoms with Crippen molar-refractivity contribution in [1.82, 2.24) is 0 Å². The number of hydrogen-bond donors (Lipinski definition) is 0. The van der Waals surface area contributed by atoms with E-state index in [1.165, 1.54) is 5.56 Å². The molecule has 194 valence electrons. The Bertz CT molecular complexity index is 1340. The maximum atomic E-state index is 13.7. The molecule has 1 aliphatic carbocycles. The zero-order valence-corrected chi connectivity index (χ0v) is 21.9. The third-order valence-electron chi connectivity index (χ3n) is 7.52. The molecule has 1 saturated carbocycles. The lowest BCUT2D eigenvalue weighted by molar-refractivity contribution is -0.140. The second kappa shape index (κ2) is 11.6. The number of hydrogen-bond acceptors (Lipinski definition) is 5. The van der Waals surface area contributed by atoms with E-state index in [9.17, 15) is 9.59 Å². The first-order valence-electron chi connectivity index (χ1n) is 13.3. The Morgan fingerprint density at radius 1 is 0.842 bits per heavy atom. The number of ketones is 1. The van der Waals surface area contributed by atoms with E-state index in [1.807, 2.05) is 67.6 Å². The molecule has 5 heteroatoms. The molecule has 0 N–H and O–H groups in total. The fourth-order valence-corrected chi connectivity index (χ4v) is 5.61. The summed E-state index contributed by atoms with van der Waals surface area (Å²) in [5.41, 5.74) is 5.25. The number of aryl methyl sites for hydroxylation is 1. The molecule has 0 saturated heterocycles. The highest BCUT2D eigenvalue weighted by Crippen LogP contribution is 2.46. The number of carbonyl (C=O) groups is 2. The topological polar surface area (TPSA) is 65.0 Å². The number of para-hydroxylation sites is 1. The summed E-state index contributed by atoms with van der Waals surface area (Å²) < 4.78 is 11.4. The van der Waals surface area contributed by atoms with Crippen molar-refractivity contribution in [2.75, 3.05) is 13.2 Å². The minimum absolute atomic E-state index is 0.0956. The van der Waals surface area contributed by atoms with Crippen molar-refractivity contribution in [3.63, 3.8) is 0 Å². The Kier molecular flexibility index (Phi) is 7.83. The molecular formula is C33H33NO4. The van der Waals surface area contributed by atoms with E-state index >= 15 is 0 Å². The molecule has 3 aromatic rings. The third-order valence-corrected chi connectivity index (χ3v) is 7.52. The predicted molar refractivity (Wildman–Crippen MR) is 149 cm³/mol. The maximum Gasteiger partial charge on any atom is 0.336 e. The molecule has 5 nitrogen and oxygen atoms in total. The number of carbonyl (C=O) groups excluding carboxylic acids is 2. The molecule has 1 heterocycles. The van der Waals surface area contributed by atoms with Crippen molar-refractivity contribution in [2.45, 2.75) is 44.9 Å². The molecule has 2 aliphatic rings. The van der Waals surface area contributed by atoms with E-state index in [0.29, 0.717) is 24.1 Å². The Hall–Kier alpha value is -3.99. The smallest absolute Gasteiger partial charge is 0.336 e. The molecule has 5 rings (SSSR count). The minimum Gasteiger partial charge on any atom is -0.490 e. The van der Waals surface area contributed by atoms with Gasteiger partial charge in [0.2, 0.25) is 0 Å². The van der Waals surface area contributed by atoms with Gasteiger partial charge in [-0.05, 0) is 54.5 Å².